The van der Waals surface area contributed by atoms with Crippen LogP contribution in [0.15, 0.2) is 46.9 Å². The number of aromatic nitrogens is 3. The molecule has 0 saturated heterocycles. The van der Waals surface area contributed by atoms with Crippen molar-refractivity contribution in [2.24, 2.45) is 5.73 Å². The van der Waals surface area contributed by atoms with Gasteiger partial charge in [-0.15, -0.1) is 21.5 Å². The first-order chi connectivity index (χ1) is 12.6. The predicted octanol–water partition coefficient (Wildman–Crippen LogP) is 2.86. The summed E-state index contributed by atoms with van der Waals surface area (Å²) < 4.78 is 1.97. The van der Waals surface area contributed by atoms with Crippen LogP contribution in [0.1, 0.15) is 17.3 Å². The number of amides is 2. The second kappa shape index (κ2) is 8.15. The van der Waals surface area contributed by atoms with E-state index in [0.717, 1.165) is 11.4 Å². The monoisotopic (exact) mass is 387 g/mol. The van der Waals surface area contributed by atoms with E-state index in [1.807, 2.05) is 41.8 Å². The number of nitrogens with two attached hydrogens (primary N) is 1. The van der Waals surface area contributed by atoms with Crippen molar-refractivity contribution < 1.29 is 9.59 Å². The van der Waals surface area contributed by atoms with Crippen molar-refractivity contribution in [1.82, 2.24) is 14.8 Å². The van der Waals surface area contributed by atoms with Crippen molar-refractivity contribution in [3.63, 3.8) is 0 Å². The zero-order chi connectivity index (χ0) is 18.5. The number of hydrogen-bond donors (Lipinski definition) is 2. The third-order valence-corrected chi connectivity index (χ3v) is 5.38. The number of thiophene rings is 1. The minimum Gasteiger partial charge on any atom is -0.366 e. The molecule has 9 heteroatoms. The fraction of sp³-hybridized carbons (Fsp3) is 0.176. The summed E-state index contributed by atoms with van der Waals surface area (Å²) in [6.07, 6.45) is 0. The molecule has 26 heavy (non-hydrogen) atoms. The number of primary amides is 1. The first-order valence-corrected chi connectivity index (χ1v) is 9.75. The fourth-order valence-corrected chi connectivity index (χ4v) is 3.99. The Balaban J connectivity index is 1.68. The lowest BCUT2D eigenvalue weighted by Crippen LogP contribution is -2.18. The minimum absolute atomic E-state index is 0.156. The average Bonchev–Trinajstić information content (AvgIpc) is 3.27. The number of carbonyl (C=O) groups is 2. The number of anilines is 1. The molecule has 3 N–H and O–H groups in total. The third-order valence-electron chi connectivity index (χ3n) is 3.58. The van der Waals surface area contributed by atoms with Gasteiger partial charge in [0.1, 0.15) is 5.00 Å². The molecule has 2 aromatic heterocycles. The number of carbonyl (C=O) groups excluding carboxylic acids is 2. The molecule has 0 atom stereocenters. The standard InChI is InChI=1S/C17H17N5O2S2/c1-2-22-15(11-6-4-3-5-7-11)20-21-17(22)26-10-13(23)19-16-12(14(18)24)8-9-25-16/h3-9H,2,10H2,1H3,(H2,18,24)(H,19,23). The molecule has 2 heterocycles. The summed E-state index contributed by atoms with van der Waals surface area (Å²) in [6, 6.07) is 11.4. The molecule has 2 amide bonds. The molecule has 0 aliphatic carbocycles. The highest BCUT2D eigenvalue weighted by atomic mass is 32.2. The van der Waals surface area contributed by atoms with E-state index >= 15 is 0 Å². The summed E-state index contributed by atoms with van der Waals surface area (Å²) in [4.78, 5) is 23.5. The minimum atomic E-state index is -0.563. The maximum absolute atomic E-state index is 12.2. The predicted molar refractivity (Wildman–Crippen MR) is 103 cm³/mol. The molecular formula is C17H17N5O2S2. The van der Waals surface area contributed by atoms with Gasteiger partial charge < -0.3 is 15.6 Å². The summed E-state index contributed by atoms with van der Waals surface area (Å²) in [5.41, 5.74) is 6.58. The Morgan fingerprint density at radius 3 is 2.69 bits per heavy atom. The average molecular weight is 387 g/mol. The van der Waals surface area contributed by atoms with Gasteiger partial charge in [-0.05, 0) is 18.4 Å². The quantitative estimate of drug-likeness (QED) is 0.607. The molecule has 0 aliphatic heterocycles. The van der Waals surface area contributed by atoms with Crippen LogP contribution < -0.4 is 11.1 Å². The van der Waals surface area contributed by atoms with Crippen LogP contribution in [0.5, 0.6) is 0 Å². The van der Waals surface area contributed by atoms with Crippen molar-refractivity contribution in [1.29, 1.82) is 0 Å². The molecule has 7 nitrogen and oxygen atoms in total. The maximum atomic E-state index is 12.2. The lowest BCUT2D eigenvalue weighted by Gasteiger charge is -2.07. The lowest BCUT2D eigenvalue weighted by molar-refractivity contribution is -0.113. The van der Waals surface area contributed by atoms with Gasteiger partial charge in [0.15, 0.2) is 11.0 Å². The first kappa shape index (κ1) is 18.2. The van der Waals surface area contributed by atoms with Crippen molar-refractivity contribution in [2.75, 3.05) is 11.1 Å². The topological polar surface area (TPSA) is 103 Å². The Labute approximate surface area is 158 Å². The number of benzene rings is 1. The molecule has 3 rings (SSSR count). The zero-order valence-corrected chi connectivity index (χ0v) is 15.6. The second-order valence-corrected chi connectivity index (χ2v) is 7.14. The van der Waals surface area contributed by atoms with Crippen LogP contribution in [0.2, 0.25) is 0 Å². The van der Waals surface area contributed by atoms with Gasteiger partial charge >= 0.3 is 0 Å². The van der Waals surface area contributed by atoms with Gasteiger partial charge in [0.25, 0.3) is 5.91 Å². The van der Waals surface area contributed by atoms with Gasteiger partial charge in [0, 0.05) is 12.1 Å². The SMILES string of the molecule is CCn1c(SCC(=O)Nc2sccc2C(N)=O)nnc1-c1ccccc1. The normalized spacial score (nSPS) is 10.7. The van der Waals surface area contributed by atoms with Crippen molar-refractivity contribution >= 4 is 39.9 Å². The molecule has 0 fully saturated rings. The van der Waals surface area contributed by atoms with Gasteiger partial charge in [-0.1, -0.05) is 42.1 Å². The highest BCUT2D eigenvalue weighted by molar-refractivity contribution is 7.99. The Hall–Kier alpha value is -2.65. The zero-order valence-electron chi connectivity index (χ0n) is 14.0. The van der Waals surface area contributed by atoms with E-state index in [0.29, 0.717) is 22.3 Å². The Morgan fingerprint density at radius 2 is 2.00 bits per heavy atom. The van der Waals surface area contributed by atoms with Crippen LogP contribution in [0, 0.1) is 0 Å². The molecule has 0 unspecified atom stereocenters. The molecule has 1 aromatic carbocycles. The molecule has 0 spiro atoms. The Bertz CT molecular complexity index is 920. The van der Waals surface area contributed by atoms with Crippen molar-refractivity contribution in [3.8, 4) is 11.4 Å². The summed E-state index contributed by atoms with van der Waals surface area (Å²) in [6.45, 7) is 2.70. The van der Waals surface area contributed by atoms with Gasteiger partial charge in [-0.2, -0.15) is 0 Å². The summed E-state index contributed by atoms with van der Waals surface area (Å²) in [5, 5.41) is 14.0. The first-order valence-electron chi connectivity index (χ1n) is 7.88. The van der Waals surface area contributed by atoms with Gasteiger partial charge in [0.05, 0.1) is 11.3 Å². The number of nitrogens with one attached hydrogen (secondary N) is 1. The largest absolute Gasteiger partial charge is 0.366 e. The Morgan fingerprint density at radius 1 is 1.23 bits per heavy atom. The van der Waals surface area contributed by atoms with Crippen LogP contribution in [-0.2, 0) is 11.3 Å². The van der Waals surface area contributed by atoms with E-state index in [9.17, 15) is 9.59 Å². The van der Waals surface area contributed by atoms with Crippen molar-refractivity contribution in [2.45, 2.75) is 18.6 Å². The number of thioether (sulfide) groups is 1. The molecule has 0 radical (unpaired) electrons. The van der Waals surface area contributed by atoms with Gasteiger partial charge in [-0.25, -0.2) is 0 Å². The number of hydrogen-bond acceptors (Lipinski definition) is 6. The molecule has 134 valence electrons. The lowest BCUT2D eigenvalue weighted by atomic mass is 10.2. The number of nitrogens with zero attached hydrogens (tertiary/aromatic N) is 3. The van der Waals surface area contributed by atoms with Crippen molar-refractivity contribution in [3.05, 3.63) is 47.3 Å². The highest BCUT2D eigenvalue weighted by Gasteiger charge is 2.16. The molecule has 0 saturated carbocycles. The molecule has 0 bridgehead atoms. The highest BCUT2D eigenvalue weighted by Crippen LogP contribution is 2.25. The van der Waals surface area contributed by atoms with E-state index in [4.69, 9.17) is 5.73 Å². The van der Waals surface area contributed by atoms with Crippen LogP contribution in [-0.4, -0.2) is 32.3 Å². The fourth-order valence-electron chi connectivity index (χ4n) is 2.37. The van der Waals surface area contributed by atoms with Crippen LogP contribution in [0.3, 0.4) is 0 Å². The van der Waals surface area contributed by atoms with Crippen LogP contribution in [0.4, 0.5) is 5.00 Å². The summed E-state index contributed by atoms with van der Waals surface area (Å²) in [7, 11) is 0. The molecule has 0 aliphatic rings. The van der Waals surface area contributed by atoms with E-state index in [1.54, 1.807) is 11.4 Å². The van der Waals surface area contributed by atoms with E-state index in [2.05, 4.69) is 15.5 Å². The molecular weight excluding hydrogens is 370 g/mol. The van der Waals surface area contributed by atoms with Gasteiger partial charge in [0.2, 0.25) is 5.91 Å². The summed E-state index contributed by atoms with van der Waals surface area (Å²) in [5.74, 6) is 0.132. The second-order valence-electron chi connectivity index (χ2n) is 5.28. The molecule has 3 aromatic rings. The smallest absolute Gasteiger partial charge is 0.251 e. The van der Waals surface area contributed by atoms with E-state index < -0.39 is 5.91 Å². The number of rotatable bonds is 7. The summed E-state index contributed by atoms with van der Waals surface area (Å²) >= 11 is 2.56. The maximum Gasteiger partial charge on any atom is 0.251 e. The Kier molecular flexibility index (Phi) is 5.69. The van der Waals surface area contributed by atoms with Crippen LogP contribution >= 0.6 is 23.1 Å². The van der Waals surface area contributed by atoms with E-state index in [-0.39, 0.29) is 11.7 Å². The van der Waals surface area contributed by atoms with Gasteiger partial charge in [-0.3, -0.25) is 9.59 Å². The van der Waals surface area contributed by atoms with Crippen LogP contribution in [0.25, 0.3) is 11.4 Å². The third kappa shape index (κ3) is 3.94. The van der Waals surface area contributed by atoms with E-state index in [1.165, 1.54) is 23.1 Å².